The second-order valence-electron chi connectivity index (χ2n) is 5.55. The molecule has 18 heavy (non-hydrogen) atoms. The molecular weight excluding hydrogens is 228 g/mol. The van der Waals surface area contributed by atoms with Crippen LogP contribution in [-0.4, -0.2) is 29.0 Å². The van der Waals surface area contributed by atoms with Gasteiger partial charge in [-0.2, -0.15) is 0 Å². The van der Waals surface area contributed by atoms with Crippen molar-refractivity contribution in [2.75, 3.05) is 6.54 Å². The summed E-state index contributed by atoms with van der Waals surface area (Å²) in [6, 6.07) is 5.25. The highest BCUT2D eigenvalue weighted by Crippen LogP contribution is 2.10. The summed E-state index contributed by atoms with van der Waals surface area (Å²) in [5.41, 5.74) is 0.353. The van der Waals surface area contributed by atoms with E-state index in [1.807, 2.05) is 34.6 Å². The lowest BCUT2D eigenvalue weighted by atomic mass is 10.1. The first-order chi connectivity index (χ1) is 8.28. The van der Waals surface area contributed by atoms with Gasteiger partial charge in [0.15, 0.2) is 5.78 Å². The molecule has 1 rings (SSSR count). The Kier molecular flexibility index (Phi) is 4.84. The monoisotopic (exact) mass is 250 g/mol. The first-order valence-corrected chi connectivity index (χ1v) is 6.20. The molecule has 0 aliphatic heterocycles. The predicted molar refractivity (Wildman–Crippen MR) is 72.1 cm³/mol. The summed E-state index contributed by atoms with van der Waals surface area (Å²) in [6.45, 7) is 10.2. The Morgan fingerprint density at radius 2 is 2.06 bits per heavy atom. The molecule has 0 saturated heterocycles. The number of hydrogen-bond donors (Lipinski definition) is 1. The van der Waals surface area contributed by atoms with Gasteiger partial charge in [0.1, 0.15) is 5.69 Å². The minimum atomic E-state index is -0.0816. The zero-order valence-corrected chi connectivity index (χ0v) is 11.8. The highest BCUT2D eigenvalue weighted by molar-refractivity contribution is 5.95. The van der Waals surface area contributed by atoms with E-state index >= 15 is 0 Å². The molecule has 100 valence electrons. The number of nitrogens with one attached hydrogen (secondary N) is 1. The van der Waals surface area contributed by atoms with Gasteiger partial charge >= 0.3 is 0 Å². The van der Waals surface area contributed by atoms with Crippen LogP contribution < -0.4 is 10.1 Å². The minimum absolute atomic E-state index is 0.0286. The lowest BCUT2D eigenvalue weighted by Gasteiger charge is -2.19. The summed E-state index contributed by atoms with van der Waals surface area (Å²) in [5, 5.41) is 3.15. The van der Waals surface area contributed by atoms with Crippen molar-refractivity contribution >= 4 is 5.78 Å². The Labute approximate surface area is 109 Å². The Balaban J connectivity index is 2.68. The largest absolute Gasteiger partial charge is 0.475 e. The van der Waals surface area contributed by atoms with Gasteiger partial charge in [0.2, 0.25) is 5.88 Å². The first-order valence-electron chi connectivity index (χ1n) is 6.20. The zero-order valence-electron chi connectivity index (χ0n) is 11.8. The van der Waals surface area contributed by atoms with Crippen LogP contribution in [-0.2, 0) is 0 Å². The topological polar surface area (TPSA) is 51.2 Å². The van der Waals surface area contributed by atoms with Crippen molar-refractivity contribution in [3.63, 3.8) is 0 Å². The van der Waals surface area contributed by atoms with Crippen LogP contribution >= 0.6 is 0 Å². The van der Waals surface area contributed by atoms with E-state index in [0.29, 0.717) is 11.6 Å². The van der Waals surface area contributed by atoms with E-state index in [1.54, 1.807) is 18.2 Å². The molecule has 1 aromatic heterocycles. The van der Waals surface area contributed by atoms with Gasteiger partial charge in [-0.15, -0.1) is 0 Å². The third-order valence-corrected chi connectivity index (χ3v) is 2.14. The van der Waals surface area contributed by atoms with Crippen molar-refractivity contribution in [2.24, 2.45) is 0 Å². The molecule has 0 fully saturated rings. The van der Waals surface area contributed by atoms with E-state index in [4.69, 9.17) is 4.74 Å². The third kappa shape index (κ3) is 5.27. The molecule has 0 amide bonds. The highest BCUT2D eigenvalue weighted by Gasteiger charge is 2.14. The molecule has 4 heteroatoms. The third-order valence-electron chi connectivity index (χ3n) is 2.14. The van der Waals surface area contributed by atoms with Crippen molar-refractivity contribution in [3.05, 3.63) is 23.9 Å². The minimum Gasteiger partial charge on any atom is -0.475 e. The van der Waals surface area contributed by atoms with E-state index in [2.05, 4.69) is 10.3 Å². The van der Waals surface area contributed by atoms with Gasteiger partial charge in [-0.3, -0.25) is 4.79 Å². The second kappa shape index (κ2) is 5.96. The van der Waals surface area contributed by atoms with Crippen LogP contribution in [0.25, 0.3) is 0 Å². The van der Waals surface area contributed by atoms with E-state index in [-0.39, 0.29) is 24.0 Å². The Morgan fingerprint density at radius 1 is 1.39 bits per heavy atom. The van der Waals surface area contributed by atoms with E-state index < -0.39 is 0 Å². The van der Waals surface area contributed by atoms with E-state index in [0.717, 1.165) is 0 Å². The Hall–Kier alpha value is -1.42. The fourth-order valence-electron chi connectivity index (χ4n) is 1.31. The van der Waals surface area contributed by atoms with Crippen molar-refractivity contribution < 1.29 is 9.53 Å². The molecule has 0 bridgehead atoms. The number of ketones is 1. The quantitative estimate of drug-likeness (QED) is 0.815. The van der Waals surface area contributed by atoms with Crippen LogP contribution in [0.2, 0.25) is 0 Å². The van der Waals surface area contributed by atoms with Gasteiger partial charge in [0.25, 0.3) is 0 Å². The van der Waals surface area contributed by atoms with Crippen molar-refractivity contribution in [2.45, 2.75) is 46.3 Å². The van der Waals surface area contributed by atoms with Crippen LogP contribution in [0, 0.1) is 0 Å². The standard InChI is InChI=1S/C14H22N2O2/c1-10(2)18-13-8-6-7-11(16-13)12(17)9-15-14(3,4)5/h6-8,10,15H,9H2,1-5H3. The van der Waals surface area contributed by atoms with Crippen LogP contribution in [0.15, 0.2) is 18.2 Å². The lowest BCUT2D eigenvalue weighted by Crippen LogP contribution is -2.39. The van der Waals surface area contributed by atoms with Gasteiger partial charge in [0.05, 0.1) is 12.6 Å². The predicted octanol–water partition coefficient (Wildman–Crippen LogP) is 2.44. The van der Waals surface area contributed by atoms with Gasteiger partial charge in [-0.25, -0.2) is 4.98 Å². The molecular formula is C14H22N2O2. The van der Waals surface area contributed by atoms with E-state index in [9.17, 15) is 4.79 Å². The van der Waals surface area contributed by atoms with Crippen LogP contribution in [0.4, 0.5) is 0 Å². The van der Waals surface area contributed by atoms with Crippen molar-refractivity contribution in [3.8, 4) is 5.88 Å². The fraction of sp³-hybridized carbons (Fsp3) is 0.571. The van der Waals surface area contributed by atoms with E-state index in [1.165, 1.54) is 0 Å². The number of carbonyl (C=O) groups excluding carboxylic acids is 1. The van der Waals surface area contributed by atoms with Gasteiger partial charge in [-0.1, -0.05) is 6.07 Å². The number of Topliss-reactive ketones (excluding diaryl/α,β-unsaturated/α-hetero) is 1. The molecule has 0 unspecified atom stereocenters. The number of rotatable bonds is 5. The molecule has 0 atom stereocenters. The first kappa shape index (κ1) is 14.6. The Morgan fingerprint density at radius 3 is 2.61 bits per heavy atom. The summed E-state index contributed by atoms with van der Waals surface area (Å²) in [7, 11) is 0. The summed E-state index contributed by atoms with van der Waals surface area (Å²) in [4.78, 5) is 16.2. The SMILES string of the molecule is CC(C)Oc1cccc(C(=O)CNC(C)(C)C)n1. The molecule has 0 saturated carbocycles. The van der Waals surface area contributed by atoms with Crippen LogP contribution in [0.3, 0.4) is 0 Å². The maximum atomic E-state index is 11.9. The second-order valence-corrected chi connectivity index (χ2v) is 5.55. The molecule has 1 N–H and O–H groups in total. The smallest absolute Gasteiger partial charge is 0.214 e. The molecule has 1 aromatic rings. The number of nitrogens with zero attached hydrogens (tertiary/aromatic N) is 1. The fourth-order valence-corrected chi connectivity index (χ4v) is 1.31. The number of ether oxygens (including phenoxy) is 1. The summed E-state index contributed by atoms with van der Waals surface area (Å²) in [5.74, 6) is 0.464. The molecule has 0 spiro atoms. The van der Waals surface area contributed by atoms with Crippen LogP contribution in [0.5, 0.6) is 5.88 Å². The molecule has 0 aliphatic carbocycles. The normalized spacial score (nSPS) is 11.7. The van der Waals surface area contributed by atoms with Crippen molar-refractivity contribution in [1.82, 2.24) is 10.3 Å². The lowest BCUT2D eigenvalue weighted by molar-refractivity contribution is 0.0975. The summed E-state index contributed by atoms with van der Waals surface area (Å²) in [6.07, 6.45) is 0.0514. The molecule has 0 radical (unpaired) electrons. The van der Waals surface area contributed by atoms with Crippen molar-refractivity contribution in [1.29, 1.82) is 0 Å². The molecule has 4 nitrogen and oxygen atoms in total. The average Bonchev–Trinajstić information content (AvgIpc) is 2.24. The molecule has 0 aliphatic rings. The molecule has 1 heterocycles. The van der Waals surface area contributed by atoms with Crippen LogP contribution in [0.1, 0.15) is 45.1 Å². The number of aromatic nitrogens is 1. The van der Waals surface area contributed by atoms with Gasteiger partial charge in [-0.05, 0) is 40.7 Å². The number of hydrogen-bond acceptors (Lipinski definition) is 4. The summed E-state index contributed by atoms with van der Waals surface area (Å²) >= 11 is 0. The van der Waals surface area contributed by atoms with Gasteiger partial charge in [0, 0.05) is 11.6 Å². The molecule has 0 aromatic carbocycles. The highest BCUT2D eigenvalue weighted by atomic mass is 16.5. The average molecular weight is 250 g/mol. The maximum Gasteiger partial charge on any atom is 0.214 e. The Bertz CT molecular complexity index is 409. The number of pyridine rings is 1. The van der Waals surface area contributed by atoms with Gasteiger partial charge < -0.3 is 10.1 Å². The maximum absolute atomic E-state index is 11.9. The zero-order chi connectivity index (χ0) is 13.8. The summed E-state index contributed by atoms with van der Waals surface area (Å²) < 4.78 is 5.47. The number of carbonyl (C=O) groups is 1.